The number of para-hydroxylation sites is 1. The van der Waals surface area contributed by atoms with Crippen LogP contribution in [0, 0.1) is 0 Å². The topological polar surface area (TPSA) is 85.5 Å². The Morgan fingerprint density at radius 3 is 2.52 bits per heavy atom. The lowest BCUT2D eigenvalue weighted by Gasteiger charge is -2.06. The number of aromatic nitrogens is 1. The van der Waals surface area contributed by atoms with E-state index in [0.29, 0.717) is 23.2 Å². The van der Waals surface area contributed by atoms with E-state index in [0.717, 1.165) is 10.9 Å². The van der Waals surface area contributed by atoms with Crippen LogP contribution in [0.2, 0.25) is 0 Å². The summed E-state index contributed by atoms with van der Waals surface area (Å²) >= 11 is 0. The van der Waals surface area contributed by atoms with Crippen LogP contribution in [0.4, 0.5) is 0 Å². The van der Waals surface area contributed by atoms with E-state index in [1.807, 2.05) is 24.3 Å². The lowest BCUT2D eigenvalue weighted by molar-refractivity contribution is -0.144. The van der Waals surface area contributed by atoms with Gasteiger partial charge in [-0.2, -0.15) is 0 Å². The van der Waals surface area contributed by atoms with Gasteiger partial charge in [-0.05, 0) is 30.3 Å². The maximum atomic E-state index is 12.2. The molecule has 3 rings (SSSR count). The summed E-state index contributed by atoms with van der Waals surface area (Å²) in [4.78, 5) is 37.5. The molecule has 1 aromatic heterocycles. The second kappa shape index (κ2) is 7.44. The number of carbonyl (C=O) groups excluding carboxylic acids is 3. The minimum absolute atomic E-state index is 0.291. The molecule has 0 aliphatic carbocycles. The third-order valence-electron chi connectivity index (χ3n) is 3.63. The number of nitrogens with one attached hydrogen (secondary N) is 1. The zero-order chi connectivity index (χ0) is 17.6. The van der Waals surface area contributed by atoms with Crippen molar-refractivity contribution in [1.82, 2.24) is 4.98 Å². The predicted octanol–water partition coefficient (Wildman–Crippen LogP) is 2.79. The molecular formula is C19H15NO5. The van der Waals surface area contributed by atoms with Crippen LogP contribution < -0.4 is 4.74 Å². The van der Waals surface area contributed by atoms with Crippen LogP contribution in [-0.2, 0) is 9.53 Å². The van der Waals surface area contributed by atoms with Gasteiger partial charge < -0.3 is 14.5 Å². The van der Waals surface area contributed by atoms with E-state index < -0.39 is 5.97 Å². The lowest BCUT2D eigenvalue weighted by atomic mass is 10.1. The first-order valence-electron chi connectivity index (χ1n) is 7.60. The Morgan fingerprint density at radius 1 is 1.00 bits per heavy atom. The van der Waals surface area contributed by atoms with Gasteiger partial charge in [0.15, 0.2) is 13.2 Å². The third kappa shape index (κ3) is 3.92. The molecule has 126 valence electrons. The van der Waals surface area contributed by atoms with Crippen LogP contribution in [0.5, 0.6) is 5.75 Å². The summed E-state index contributed by atoms with van der Waals surface area (Å²) in [5.74, 6) is -0.501. The van der Waals surface area contributed by atoms with Gasteiger partial charge in [0.25, 0.3) is 0 Å². The van der Waals surface area contributed by atoms with E-state index in [2.05, 4.69) is 4.98 Å². The summed E-state index contributed by atoms with van der Waals surface area (Å²) in [5.41, 5.74) is 1.84. The van der Waals surface area contributed by atoms with Crippen molar-refractivity contribution in [1.29, 1.82) is 0 Å². The summed E-state index contributed by atoms with van der Waals surface area (Å²) in [6, 6.07) is 13.7. The molecule has 0 bridgehead atoms. The Morgan fingerprint density at radius 2 is 1.76 bits per heavy atom. The van der Waals surface area contributed by atoms with Gasteiger partial charge in [0.05, 0.1) is 0 Å². The largest absolute Gasteiger partial charge is 0.482 e. The second-order valence-electron chi connectivity index (χ2n) is 5.31. The summed E-state index contributed by atoms with van der Waals surface area (Å²) in [7, 11) is 0. The maximum Gasteiger partial charge on any atom is 0.344 e. The molecule has 6 heteroatoms. The van der Waals surface area contributed by atoms with Crippen molar-refractivity contribution in [2.75, 3.05) is 13.2 Å². The number of benzene rings is 2. The Hall–Kier alpha value is -3.41. The van der Waals surface area contributed by atoms with Crippen LogP contribution in [-0.4, -0.2) is 36.2 Å². The minimum atomic E-state index is -0.646. The fourth-order valence-corrected chi connectivity index (χ4v) is 2.35. The molecule has 0 fully saturated rings. The SMILES string of the molecule is O=Cc1ccc(OCC(=O)OCC(=O)c2c[nH]c3ccccc23)cc1. The van der Waals surface area contributed by atoms with Crippen molar-refractivity contribution in [2.45, 2.75) is 0 Å². The fraction of sp³-hybridized carbons (Fsp3) is 0.105. The molecule has 0 spiro atoms. The number of esters is 1. The first-order chi connectivity index (χ1) is 12.2. The molecule has 0 radical (unpaired) electrons. The second-order valence-corrected chi connectivity index (χ2v) is 5.31. The number of hydrogen-bond acceptors (Lipinski definition) is 5. The number of aromatic amines is 1. The van der Waals surface area contributed by atoms with Crippen molar-refractivity contribution < 1.29 is 23.9 Å². The molecule has 1 N–H and O–H groups in total. The lowest BCUT2D eigenvalue weighted by Crippen LogP contribution is -2.19. The molecule has 0 amide bonds. The molecule has 0 aliphatic heterocycles. The summed E-state index contributed by atoms with van der Waals surface area (Å²) in [5, 5.41) is 0.787. The van der Waals surface area contributed by atoms with Gasteiger partial charge >= 0.3 is 5.97 Å². The molecular weight excluding hydrogens is 322 g/mol. The van der Waals surface area contributed by atoms with Crippen LogP contribution in [0.1, 0.15) is 20.7 Å². The molecule has 0 aliphatic rings. The highest BCUT2D eigenvalue weighted by Gasteiger charge is 2.14. The molecule has 1 heterocycles. The van der Waals surface area contributed by atoms with E-state index in [9.17, 15) is 14.4 Å². The first kappa shape index (κ1) is 16.4. The predicted molar refractivity (Wildman–Crippen MR) is 90.9 cm³/mol. The highest BCUT2D eigenvalue weighted by Crippen LogP contribution is 2.18. The van der Waals surface area contributed by atoms with Gasteiger partial charge in [-0.1, -0.05) is 18.2 Å². The highest BCUT2D eigenvalue weighted by atomic mass is 16.6. The number of fused-ring (bicyclic) bond motifs is 1. The van der Waals surface area contributed by atoms with Crippen molar-refractivity contribution in [3.63, 3.8) is 0 Å². The Kier molecular flexibility index (Phi) is 4.89. The Labute approximate surface area is 143 Å². The number of ether oxygens (including phenoxy) is 2. The van der Waals surface area contributed by atoms with E-state index in [1.54, 1.807) is 30.5 Å². The van der Waals surface area contributed by atoms with E-state index >= 15 is 0 Å². The average molecular weight is 337 g/mol. The molecule has 3 aromatic rings. The number of hydrogen-bond donors (Lipinski definition) is 1. The third-order valence-corrected chi connectivity index (χ3v) is 3.63. The number of aldehydes is 1. The normalized spacial score (nSPS) is 10.4. The highest BCUT2D eigenvalue weighted by molar-refractivity contribution is 6.08. The zero-order valence-electron chi connectivity index (χ0n) is 13.2. The van der Waals surface area contributed by atoms with Crippen molar-refractivity contribution >= 4 is 28.9 Å². The number of Topliss-reactive ketones (excluding diaryl/α,β-unsaturated/α-hetero) is 1. The molecule has 25 heavy (non-hydrogen) atoms. The van der Waals surface area contributed by atoms with Gasteiger partial charge in [-0.3, -0.25) is 9.59 Å². The fourth-order valence-electron chi connectivity index (χ4n) is 2.35. The number of rotatable bonds is 7. The zero-order valence-corrected chi connectivity index (χ0v) is 13.2. The quantitative estimate of drug-likeness (QED) is 0.407. The van der Waals surface area contributed by atoms with Crippen LogP contribution >= 0.6 is 0 Å². The average Bonchev–Trinajstić information content (AvgIpc) is 3.09. The van der Waals surface area contributed by atoms with Crippen molar-refractivity contribution in [3.05, 3.63) is 65.9 Å². The molecule has 0 saturated carbocycles. The van der Waals surface area contributed by atoms with Gasteiger partial charge in [-0.25, -0.2) is 4.79 Å². The van der Waals surface area contributed by atoms with E-state index in [4.69, 9.17) is 9.47 Å². The first-order valence-corrected chi connectivity index (χ1v) is 7.60. The number of ketones is 1. The monoisotopic (exact) mass is 337 g/mol. The van der Waals surface area contributed by atoms with Crippen molar-refractivity contribution in [2.24, 2.45) is 0 Å². The molecule has 0 saturated heterocycles. The molecule has 0 unspecified atom stereocenters. The van der Waals surface area contributed by atoms with Gasteiger partial charge in [-0.15, -0.1) is 0 Å². The van der Waals surface area contributed by atoms with Crippen LogP contribution in [0.15, 0.2) is 54.7 Å². The summed E-state index contributed by atoms with van der Waals surface area (Å²) in [6.07, 6.45) is 2.32. The van der Waals surface area contributed by atoms with Crippen LogP contribution in [0.3, 0.4) is 0 Å². The minimum Gasteiger partial charge on any atom is -0.482 e. The number of H-pyrrole nitrogens is 1. The standard InChI is InChI=1S/C19H15NO5/c21-10-13-5-7-14(8-6-13)24-12-19(23)25-11-18(22)16-9-20-17-4-2-1-3-15(16)17/h1-10,20H,11-12H2. The van der Waals surface area contributed by atoms with Crippen molar-refractivity contribution in [3.8, 4) is 5.75 Å². The number of carbonyl (C=O) groups is 3. The Balaban J connectivity index is 1.51. The maximum absolute atomic E-state index is 12.2. The summed E-state index contributed by atoms with van der Waals surface area (Å²) < 4.78 is 10.2. The van der Waals surface area contributed by atoms with Crippen LogP contribution in [0.25, 0.3) is 10.9 Å². The smallest absolute Gasteiger partial charge is 0.344 e. The van der Waals surface area contributed by atoms with Gasteiger partial charge in [0.2, 0.25) is 5.78 Å². The van der Waals surface area contributed by atoms with Gasteiger partial charge in [0, 0.05) is 28.2 Å². The molecule has 0 atom stereocenters. The molecule has 2 aromatic carbocycles. The Bertz CT molecular complexity index is 911. The van der Waals surface area contributed by atoms with Gasteiger partial charge in [0.1, 0.15) is 12.0 Å². The summed E-state index contributed by atoms with van der Waals surface area (Å²) in [6.45, 7) is -0.671. The molecule has 6 nitrogen and oxygen atoms in total. The van der Waals surface area contributed by atoms with E-state index in [-0.39, 0.29) is 19.0 Å². The van der Waals surface area contributed by atoms with E-state index in [1.165, 1.54) is 0 Å².